The lowest BCUT2D eigenvalue weighted by molar-refractivity contribution is -0.122. The first-order valence-electron chi connectivity index (χ1n) is 7.53. The number of nitrogens with two attached hydrogens (primary N) is 1. The average molecular weight is 311 g/mol. The van der Waals surface area contributed by atoms with Crippen LogP contribution < -0.4 is 11.1 Å². The minimum atomic E-state index is -0.691. The average Bonchev–Trinajstić information content (AvgIpc) is 2.39. The predicted molar refractivity (Wildman–Crippen MR) is 91.0 cm³/mol. The van der Waals surface area contributed by atoms with Crippen molar-refractivity contribution in [3.05, 3.63) is 29.8 Å². The summed E-state index contributed by atoms with van der Waals surface area (Å²) in [7, 11) is 0. The first kappa shape index (κ1) is 18.0. The number of halogens is 1. The van der Waals surface area contributed by atoms with Crippen LogP contribution in [0.4, 0.5) is 5.69 Å². The summed E-state index contributed by atoms with van der Waals surface area (Å²) in [5.41, 5.74) is 7.64. The lowest BCUT2D eigenvalue weighted by Crippen LogP contribution is -2.52. The Morgan fingerprint density at radius 2 is 1.71 bits per heavy atom. The van der Waals surface area contributed by atoms with Crippen LogP contribution in [0.5, 0.6) is 0 Å². The number of carbonyl (C=O) groups excluding carboxylic acids is 1. The summed E-state index contributed by atoms with van der Waals surface area (Å²) < 4.78 is 0. The van der Waals surface area contributed by atoms with E-state index in [9.17, 15) is 4.79 Å². The highest BCUT2D eigenvalue weighted by Gasteiger charge is 2.35. The fourth-order valence-corrected chi connectivity index (χ4v) is 2.90. The molecule has 1 aromatic rings. The van der Waals surface area contributed by atoms with Crippen molar-refractivity contribution in [2.45, 2.75) is 63.8 Å². The lowest BCUT2D eigenvalue weighted by Gasteiger charge is -2.32. The standard InChI is InChI=1S/C17H26N2O.ClH/c1-16(2,3)13-9-5-6-10-14(13)19-15(20)17(18)11-7-4-8-12-17;/h5-6,9-10H,4,7-8,11-12,18H2,1-3H3,(H,19,20);1H. The van der Waals surface area contributed by atoms with Gasteiger partial charge in [0.25, 0.3) is 0 Å². The van der Waals surface area contributed by atoms with E-state index in [0.717, 1.165) is 36.9 Å². The van der Waals surface area contributed by atoms with Crippen molar-refractivity contribution < 1.29 is 4.79 Å². The van der Waals surface area contributed by atoms with E-state index in [1.807, 2.05) is 18.2 Å². The molecule has 1 fully saturated rings. The second kappa shape index (κ2) is 6.80. The Kier molecular flexibility index (Phi) is 5.83. The molecule has 118 valence electrons. The number of rotatable bonds is 2. The second-order valence-electron chi connectivity index (χ2n) is 6.97. The van der Waals surface area contributed by atoms with E-state index in [-0.39, 0.29) is 23.7 Å². The van der Waals surface area contributed by atoms with Crippen molar-refractivity contribution in [3.63, 3.8) is 0 Å². The number of carbonyl (C=O) groups is 1. The molecule has 0 heterocycles. The number of nitrogens with one attached hydrogen (secondary N) is 1. The Morgan fingerprint density at radius 1 is 1.14 bits per heavy atom. The smallest absolute Gasteiger partial charge is 0.244 e. The minimum Gasteiger partial charge on any atom is -0.324 e. The molecule has 1 aromatic carbocycles. The molecule has 3 N–H and O–H groups in total. The van der Waals surface area contributed by atoms with Gasteiger partial charge >= 0.3 is 0 Å². The first-order valence-corrected chi connectivity index (χ1v) is 7.53. The summed E-state index contributed by atoms with van der Waals surface area (Å²) >= 11 is 0. The van der Waals surface area contributed by atoms with Gasteiger partial charge in [0.2, 0.25) is 5.91 Å². The van der Waals surface area contributed by atoms with E-state index >= 15 is 0 Å². The van der Waals surface area contributed by atoms with E-state index in [4.69, 9.17) is 5.73 Å². The molecule has 1 saturated carbocycles. The monoisotopic (exact) mass is 310 g/mol. The first-order chi connectivity index (χ1) is 9.33. The Bertz CT molecular complexity index is 488. The molecule has 0 bridgehead atoms. The van der Waals surface area contributed by atoms with E-state index in [0.29, 0.717) is 0 Å². The van der Waals surface area contributed by atoms with Crippen LogP contribution in [0.25, 0.3) is 0 Å². The third-order valence-electron chi connectivity index (χ3n) is 4.18. The fourth-order valence-electron chi connectivity index (χ4n) is 2.90. The van der Waals surface area contributed by atoms with Crippen molar-refractivity contribution >= 4 is 24.0 Å². The zero-order chi connectivity index (χ0) is 14.8. The van der Waals surface area contributed by atoms with Crippen LogP contribution >= 0.6 is 12.4 Å². The van der Waals surface area contributed by atoms with Gasteiger partial charge in [-0.1, -0.05) is 58.2 Å². The molecule has 1 amide bonds. The Balaban J connectivity index is 0.00000220. The van der Waals surface area contributed by atoms with E-state index < -0.39 is 5.54 Å². The second-order valence-corrected chi connectivity index (χ2v) is 6.97. The zero-order valence-electron chi connectivity index (χ0n) is 13.2. The van der Waals surface area contributed by atoms with E-state index in [1.54, 1.807) is 0 Å². The number of amides is 1. The van der Waals surface area contributed by atoms with Gasteiger partial charge in [-0.15, -0.1) is 12.4 Å². The van der Waals surface area contributed by atoms with Gasteiger partial charge in [0.05, 0.1) is 5.54 Å². The largest absolute Gasteiger partial charge is 0.324 e. The molecule has 0 aromatic heterocycles. The van der Waals surface area contributed by atoms with E-state index in [1.165, 1.54) is 6.42 Å². The van der Waals surface area contributed by atoms with Gasteiger partial charge in [0.1, 0.15) is 0 Å². The highest BCUT2D eigenvalue weighted by molar-refractivity contribution is 5.98. The molecule has 0 atom stereocenters. The van der Waals surface area contributed by atoms with Gasteiger partial charge in [-0.2, -0.15) is 0 Å². The maximum absolute atomic E-state index is 12.5. The molecule has 2 rings (SSSR count). The summed E-state index contributed by atoms with van der Waals surface area (Å²) in [6.07, 6.45) is 4.85. The number of hydrogen-bond donors (Lipinski definition) is 2. The third-order valence-corrected chi connectivity index (χ3v) is 4.18. The molecule has 0 saturated heterocycles. The number of para-hydroxylation sites is 1. The predicted octanol–water partition coefficient (Wildman–Crippen LogP) is 4.01. The Morgan fingerprint density at radius 3 is 2.29 bits per heavy atom. The van der Waals surface area contributed by atoms with Crippen molar-refractivity contribution in [1.82, 2.24) is 0 Å². The van der Waals surface area contributed by atoms with Crippen molar-refractivity contribution in [2.75, 3.05) is 5.32 Å². The molecule has 0 radical (unpaired) electrons. The van der Waals surface area contributed by atoms with Crippen molar-refractivity contribution in [2.24, 2.45) is 5.73 Å². The van der Waals surface area contributed by atoms with Crippen molar-refractivity contribution in [1.29, 1.82) is 0 Å². The SMILES string of the molecule is CC(C)(C)c1ccccc1NC(=O)C1(N)CCCCC1.Cl. The van der Waals surface area contributed by atoms with Gasteiger partial charge in [-0.3, -0.25) is 4.79 Å². The summed E-state index contributed by atoms with van der Waals surface area (Å²) in [6, 6.07) is 7.99. The highest BCUT2D eigenvalue weighted by Crippen LogP contribution is 2.31. The topological polar surface area (TPSA) is 55.1 Å². The van der Waals surface area contributed by atoms with Gasteiger partial charge in [-0.05, 0) is 29.9 Å². The number of anilines is 1. The molecular weight excluding hydrogens is 284 g/mol. The maximum atomic E-state index is 12.5. The normalized spacial score (nSPS) is 17.7. The summed E-state index contributed by atoms with van der Waals surface area (Å²) in [4.78, 5) is 12.5. The molecule has 0 aliphatic heterocycles. The van der Waals surface area contributed by atoms with Crippen molar-refractivity contribution in [3.8, 4) is 0 Å². The van der Waals surface area contributed by atoms with Gasteiger partial charge < -0.3 is 11.1 Å². The number of hydrogen-bond acceptors (Lipinski definition) is 2. The quantitative estimate of drug-likeness (QED) is 0.867. The lowest BCUT2D eigenvalue weighted by atomic mass is 9.81. The molecule has 21 heavy (non-hydrogen) atoms. The van der Waals surface area contributed by atoms with Crippen LogP contribution in [-0.2, 0) is 10.2 Å². The molecule has 0 spiro atoms. The third kappa shape index (κ3) is 4.21. The van der Waals surface area contributed by atoms with Crippen LogP contribution in [0.1, 0.15) is 58.4 Å². The van der Waals surface area contributed by atoms with E-state index in [2.05, 4.69) is 32.2 Å². The minimum absolute atomic E-state index is 0. The van der Waals surface area contributed by atoms with Crippen LogP contribution in [0.3, 0.4) is 0 Å². The number of benzene rings is 1. The molecule has 1 aliphatic carbocycles. The van der Waals surface area contributed by atoms with Crippen LogP contribution in [0, 0.1) is 0 Å². The molecule has 3 nitrogen and oxygen atoms in total. The van der Waals surface area contributed by atoms with Crippen LogP contribution in [0.2, 0.25) is 0 Å². The highest BCUT2D eigenvalue weighted by atomic mass is 35.5. The molecule has 1 aliphatic rings. The van der Waals surface area contributed by atoms with Gasteiger partial charge in [-0.25, -0.2) is 0 Å². The fraction of sp³-hybridized carbons (Fsp3) is 0.588. The summed E-state index contributed by atoms with van der Waals surface area (Å²) in [5.74, 6) is -0.0334. The van der Waals surface area contributed by atoms with Crippen LogP contribution in [0.15, 0.2) is 24.3 Å². The molecule has 0 unspecified atom stereocenters. The van der Waals surface area contributed by atoms with Gasteiger partial charge in [0, 0.05) is 5.69 Å². The van der Waals surface area contributed by atoms with Crippen LogP contribution in [-0.4, -0.2) is 11.4 Å². The Hall–Kier alpha value is -1.06. The molecule has 4 heteroatoms. The zero-order valence-corrected chi connectivity index (χ0v) is 14.1. The maximum Gasteiger partial charge on any atom is 0.244 e. The Labute approximate surface area is 134 Å². The summed E-state index contributed by atoms with van der Waals surface area (Å²) in [5, 5.41) is 3.06. The molecular formula is C17H27ClN2O. The summed E-state index contributed by atoms with van der Waals surface area (Å²) in [6.45, 7) is 6.45. The van der Waals surface area contributed by atoms with Gasteiger partial charge in [0.15, 0.2) is 0 Å².